The summed E-state index contributed by atoms with van der Waals surface area (Å²) in [4.78, 5) is 21.6. The highest BCUT2D eigenvalue weighted by Crippen LogP contribution is 2.27. The molecule has 0 aromatic heterocycles. The van der Waals surface area contributed by atoms with Crippen LogP contribution in [0.1, 0.15) is 6.42 Å². The Morgan fingerprint density at radius 2 is 2.33 bits per heavy atom. The summed E-state index contributed by atoms with van der Waals surface area (Å²) in [5.74, 6) is 1.85. The summed E-state index contributed by atoms with van der Waals surface area (Å²) in [5.41, 5.74) is 5.84. The number of hydrogen-bond donors (Lipinski definition) is 2. The van der Waals surface area contributed by atoms with E-state index in [9.17, 15) is 14.9 Å². The van der Waals surface area contributed by atoms with Crippen molar-refractivity contribution >= 4 is 33.2 Å². The van der Waals surface area contributed by atoms with Gasteiger partial charge in [0.2, 0.25) is 5.91 Å². The van der Waals surface area contributed by atoms with Crippen LogP contribution in [-0.2, 0) is 4.79 Å². The molecule has 3 N–H and O–H groups in total. The Bertz CT molecular complexity index is 525. The van der Waals surface area contributed by atoms with Gasteiger partial charge in [0.25, 0.3) is 5.69 Å². The van der Waals surface area contributed by atoms with Crippen molar-refractivity contribution in [2.24, 2.45) is 5.73 Å². The Balaban J connectivity index is 2.81. The maximum absolute atomic E-state index is 11.6. The molecule has 1 unspecified atom stereocenters. The van der Waals surface area contributed by atoms with Gasteiger partial charge >= 0.3 is 0 Å². The minimum Gasteiger partial charge on any atom is -0.325 e. The Hall–Kier alpha value is -1.91. The second-order valence-corrected chi connectivity index (χ2v) is 4.28. The molecule has 0 bridgehead atoms. The van der Waals surface area contributed by atoms with Gasteiger partial charge in [0, 0.05) is 18.2 Å². The van der Waals surface area contributed by atoms with Crippen LogP contribution < -0.4 is 11.1 Å². The highest BCUT2D eigenvalue weighted by Gasteiger charge is 2.15. The average molecular weight is 312 g/mol. The normalized spacial score (nSPS) is 11.4. The molecule has 0 saturated carbocycles. The second kappa shape index (κ2) is 6.14. The molecule has 0 aliphatic heterocycles. The molecule has 1 amide bonds. The number of carbonyl (C=O) groups is 1. The monoisotopic (exact) mass is 311 g/mol. The number of benzene rings is 1. The number of nitro benzene ring substituents is 1. The highest BCUT2D eigenvalue weighted by molar-refractivity contribution is 9.10. The van der Waals surface area contributed by atoms with Crippen molar-refractivity contribution in [3.05, 3.63) is 32.8 Å². The van der Waals surface area contributed by atoms with Gasteiger partial charge in [0.05, 0.1) is 15.4 Å². The standard InChI is InChI=1S/C11H10BrN3O3/c1-2-3-9(13)11(16)14-7-4-5-10(15(17)18)8(12)6-7/h1,4-6,9H,3,13H2,(H,14,16). The fraction of sp³-hybridized carbons (Fsp3) is 0.182. The highest BCUT2D eigenvalue weighted by atomic mass is 79.9. The summed E-state index contributed by atoms with van der Waals surface area (Å²) in [6, 6.07) is 3.33. The van der Waals surface area contributed by atoms with Crippen molar-refractivity contribution in [3.63, 3.8) is 0 Å². The molecule has 0 spiro atoms. The van der Waals surface area contributed by atoms with E-state index >= 15 is 0 Å². The van der Waals surface area contributed by atoms with Crippen LogP contribution in [0.4, 0.5) is 11.4 Å². The summed E-state index contributed by atoms with van der Waals surface area (Å²) < 4.78 is 0.274. The molecule has 0 aliphatic rings. The zero-order valence-corrected chi connectivity index (χ0v) is 10.8. The van der Waals surface area contributed by atoms with Crippen molar-refractivity contribution in [1.29, 1.82) is 0 Å². The molecular formula is C11H10BrN3O3. The molecule has 0 saturated heterocycles. The van der Waals surface area contributed by atoms with Crippen LogP contribution in [-0.4, -0.2) is 16.9 Å². The zero-order chi connectivity index (χ0) is 13.7. The van der Waals surface area contributed by atoms with Crippen LogP contribution in [0.5, 0.6) is 0 Å². The fourth-order valence-corrected chi connectivity index (χ4v) is 1.71. The first kappa shape index (κ1) is 14.2. The average Bonchev–Trinajstić information content (AvgIpc) is 2.28. The predicted molar refractivity (Wildman–Crippen MR) is 70.9 cm³/mol. The lowest BCUT2D eigenvalue weighted by atomic mass is 10.2. The number of nitrogens with zero attached hydrogens (tertiary/aromatic N) is 1. The van der Waals surface area contributed by atoms with Gasteiger partial charge < -0.3 is 11.1 Å². The number of hydrogen-bond acceptors (Lipinski definition) is 4. The molecule has 0 heterocycles. The van der Waals surface area contributed by atoms with E-state index in [1.165, 1.54) is 18.2 Å². The Morgan fingerprint density at radius 3 is 2.83 bits per heavy atom. The van der Waals surface area contributed by atoms with Crippen LogP contribution in [0.25, 0.3) is 0 Å². The first-order chi connectivity index (χ1) is 8.45. The Labute approximate surface area is 112 Å². The summed E-state index contributed by atoms with van der Waals surface area (Å²) in [6.45, 7) is 0. The SMILES string of the molecule is C#CCC(N)C(=O)Nc1ccc([N+](=O)[O-])c(Br)c1. The first-order valence-electron chi connectivity index (χ1n) is 4.89. The molecule has 1 atom stereocenters. The third kappa shape index (κ3) is 3.55. The van der Waals surface area contributed by atoms with E-state index in [0.29, 0.717) is 5.69 Å². The topological polar surface area (TPSA) is 98.3 Å². The minimum atomic E-state index is -0.802. The van der Waals surface area contributed by atoms with Crippen LogP contribution in [0.15, 0.2) is 22.7 Å². The van der Waals surface area contributed by atoms with E-state index in [1.807, 2.05) is 0 Å². The third-order valence-corrected chi connectivity index (χ3v) is 2.72. The number of halogens is 1. The lowest BCUT2D eigenvalue weighted by Gasteiger charge is -2.09. The van der Waals surface area contributed by atoms with Crippen LogP contribution in [0, 0.1) is 22.5 Å². The van der Waals surface area contributed by atoms with Gasteiger partial charge in [-0.3, -0.25) is 14.9 Å². The molecule has 1 rings (SSSR count). The smallest absolute Gasteiger partial charge is 0.283 e. The van der Waals surface area contributed by atoms with E-state index in [4.69, 9.17) is 12.2 Å². The molecule has 1 aromatic carbocycles. The lowest BCUT2D eigenvalue weighted by Crippen LogP contribution is -2.35. The number of terminal acetylenes is 1. The maximum atomic E-state index is 11.6. The van der Waals surface area contributed by atoms with Crippen LogP contribution in [0.2, 0.25) is 0 Å². The van der Waals surface area contributed by atoms with Gasteiger partial charge in [-0.05, 0) is 28.1 Å². The van der Waals surface area contributed by atoms with E-state index < -0.39 is 16.9 Å². The Kier molecular flexibility index (Phi) is 4.83. The van der Waals surface area contributed by atoms with Gasteiger partial charge in [0.15, 0.2) is 0 Å². The van der Waals surface area contributed by atoms with Crippen LogP contribution >= 0.6 is 15.9 Å². The number of rotatable bonds is 4. The predicted octanol–water partition coefficient (Wildman–Crippen LogP) is 1.65. The maximum Gasteiger partial charge on any atom is 0.283 e. The molecule has 0 radical (unpaired) electrons. The van der Waals surface area contributed by atoms with Crippen molar-refractivity contribution < 1.29 is 9.72 Å². The fourth-order valence-electron chi connectivity index (χ4n) is 1.19. The number of nitrogens with one attached hydrogen (secondary N) is 1. The molecule has 7 heteroatoms. The van der Waals surface area contributed by atoms with E-state index in [0.717, 1.165) is 0 Å². The van der Waals surface area contributed by atoms with E-state index in [-0.39, 0.29) is 16.6 Å². The van der Waals surface area contributed by atoms with E-state index in [1.54, 1.807) is 0 Å². The van der Waals surface area contributed by atoms with Gasteiger partial charge in [-0.15, -0.1) is 12.3 Å². The summed E-state index contributed by atoms with van der Waals surface area (Å²) in [7, 11) is 0. The summed E-state index contributed by atoms with van der Waals surface area (Å²) in [5, 5.41) is 13.1. The van der Waals surface area contributed by atoms with Gasteiger partial charge in [-0.25, -0.2) is 0 Å². The molecule has 6 nitrogen and oxygen atoms in total. The largest absolute Gasteiger partial charge is 0.325 e. The number of carbonyl (C=O) groups excluding carboxylic acids is 1. The third-order valence-electron chi connectivity index (χ3n) is 2.09. The van der Waals surface area contributed by atoms with Gasteiger partial charge in [0.1, 0.15) is 0 Å². The lowest BCUT2D eigenvalue weighted by molar-refractivity contribution is -0.385. The summed E-state index contributed by atoms with van der Waals surface area (Å²) in [6.07, 6.45) is 5.17. The molecular weight excluding hydrogens is 302 g/mol. The summed E-state index contributed by atoms with van der Waals surface area (Å²) >= 11 is 3.05. The zero-order valence-electron chi connectivity index (χ0n) is 9.22. The molecule has 18 heavy (non-hydrogen) atoms. The quantitative estimate of drug-likeness (QED) is 0.502. The van der Waals surface area contributed by atoms with E-state index in [2.05, 4.69) is 27.2 Å². The second-order valence-electron chi connectivity index (χ2n) is 3.43. The number of nitrogens with two attached hydrogens (primary N) is 1. The molecule has 0 aliphatic carbocycles. The Morgan fingerprint density at radius 1 is 1.67 bits per heavy atom. The number of nitro groups is 1. The van der Waals surface area contributed by atoms with Gasteiger partial charge in [-0.2, -0.15) is 0 Å². The molecule has 0 fully saturated rings. The van der Waals surface area contributed by atoms with Crippen molar-refractivity contribution in [3.8, 4) is 12.3 Å². The number of anilines is 1. The van der Waals surface area contributed by atoms with Crippen molar-refractivity contribution in [1.82, 2.24) is 0 Å². The number of amides is 1. The van der Waals surface area contributed by atoms with Crippen LogP contribution in [0.3, 0.4) is 0 Å². The first-order valence-corrected chi connectivity index (χ1v) is 5.69. The van der Waals surface area contributed by atoms with Crippen molar-refractivity contribution in [2.75, 3.05) is 5.32 Å². The molecule has 1 aromatic rings. The van der Waals surface area contributed by atoms with Gasteiger partial charge in [-0.1, -0.05) is 0 Å². The van der Waals surface area contributed by atoms with Crippen molar-refractivity contribution in [2.45, 2.75) is 12.5 Å². The minimum absolute atomic E-state index is 0.0825. The molecule has 94 valence electrons.